The molecule has 17 heavy (non-hydrogen) atoms. The molecule has 1 unspecified atom stereocenters. The van der Waals surface area contributed by atoms with E-state index in [1.165, 1.54) is 0 Å². The van der Waals surface area contributed by atoms with E-state index in [9.17, 15) is 0 Å². The standard InChI is InChI=1S/C14H24N2O/c1-10(14(2,3)4)16(5)11-7-8-12(15)13(9-11)17-6/h7-10H,15H2,1-6H3. The third-order valence-electron chi connectivity index (χ3n) is 3.46. The quantitative estimate of drug-likeness (QED) is 0.819. The molecule has 1 rings (SSSR count). The fourth-order valence-corrected chi connectivity index (χ4v) is 1.72. The van der Waals surface area contributed by atoms with Crippen molar-refractivity contribution in [2.75, 3.05) is 24.8 Å². The monoisotopic (exact) mass is 236 g/mol. The van der Waals surface area contributed by atoms with E-state index in [4.69, 9.17) is 10.5 Å². The zero-order valence-corrected chi connectivity index (χ0v) is 11.7. The van der Waals surface area contributed by atoms with Gasteiger partial charge in [0.15, 0.2) is 0 Å². The molecule has 1 aromatic rings. The molecule has 0 bridgehead atoms. The van der Waals surface area contributed by atoms with E-state index in [2.05, 4.69) is 39.6 Å². The van der Waals surface area contributed by atoms with Gasteiger partial charge in [0.2, 0.25) is 0 Å². The first-order valence-electron chi connectivity index (χ1n) is 5.93. The normalized spacial score (nSPS) is 13.3. The molecule has 0 aromatic heterocycles. The van der Waals surface area contributed by atoms with Crippen LogP contribution in [-0.2, 0) is 0 Å². The molecular weight excluding hydrogens is 212 g/mol. The molecule has 0 aliphatic rings. The summed E-state index contributed by atoms with van der Waals surface area (Å²) >= 11 is 0. The lowest BCUT2D eigenvalue weighted by Gasteiger charge is -2.37. The molecule has 0 saturated heterocycles. The number of ether oxygens (including phenoxy) is 1. The molecule has 3 heteroatoms. The lowest BCUT2D eigenvalue weighted by molar-refractivity contribution is 0.329. The Hall–Kier alpha value is -1.38. The topological polar surface area (TPSA) is 38.5 Å². The van der Waals surface area contributed by atoms with Crippen molar-refractivity contribution in [3.63, 3.8) is 0 Å². The van der Waals surface area contributed by atoms with Gasteiger partial charge in [0.05, 0.1) is 12.8 Å². The summed E-state index contributed by atoms with van der Waals surface area (Å²) in [6.07, 6.45) is 0. The van der Waals surface area contributed by atoms with E-state index in [-0.39, 0.29) is 5.41 Å². The minimum absolute atomic E-state index is 0.226. The van der Waals surface area contributed by atoms with Gasteiger partial charge in [-0.2, -0.15) is 0 Å². The number of anilines is 2. The SMILES string of the molecule is COc1cc(N(C)C(C)C(C)(C)C)ccc1N. The molecule has 0 saturated carbocycles. The summed E-state index contributed by atoms with van der Waals surface area (Å²) in [5.74, 6) is 0.732. The third kappa shape index (κ3) is 3.05. The molecule has 2 N–H and O–H groups in total. The molecule has 0 heterocycles. The fraction of sp³-hybridized carbons (Fsp3) is 0.571. The number of nitrogens with zero attached hydrogens (tertiary/aromatic N) is 1. The van der Waals surface area contributed by atoms with Crippen LogP contribution in [0.5, 0.6) is 5.75 Å². The number of benzene rings is 1. The second-order valence-electron chi connectivity index (χ2n) is 5.58. The summed E-state index contributed by atoms with van der Waals surface area (Å²) in [6.45, 7) is 8.94. The van der Waals surface area contributed by atoms with Crippen LogP contribution < -0.4 is 15.4 Å². The van der Waals surface area contributed by atoms with Crippen molar-refractivity contribution in [1.82, 2.24) is 0 Å². The maximum atomic E-state index is 5.82. The fourth-order valence-electron chi connectivity index (χ4n) is 1.72. The van der Waals surface area contributed by atoms with Crippen LogP contribution in [-0.4, -0.2) is 20.2 Å². The maximum absolute atomic E-state index is 5.82. The number of methoxy groups -OCH3 is 1. The van der Waals surface area contributed by atoms with Crippen LogP contribution in [0.1, 0.15) is 27.7 Å². The second-order valence-corrected chi connectivity index (χ2v) is 5.58. The Morgan fingerprint density at radius 1 is 1.29 bits per heavy atom. The van der Waals surface area contributed by atoms with Gasteiger partial charge in [-0.3, -0.25) is 0 Å². The summed E-state index contributed by atoms with van der Waals surface area (Å²) in [5, 5.41) is 0. The molecule has 0 aliphatic heterocycles. The van der Waals surface area contributed by atoms with E-state index in [1.54, 1.807) is 7.11 Å². The van der Waals surface area contributed by atoms with Crippen molar-refractivity contribution in [3.8, 4) is 5.75 Å². The molecule has 1 aromatic carbocycles. The molecule has 0 spiro atoms. The van der Waals surface area contributed by atoms with E-state index in [0.29, 0.717) is 11.7 Å². The maximum Gasteiger partial charge on any atom is 0.143 e. The van der Waals surface area contributed by atoms with Crippen LogP contribution in [0.3, 0.4) is 0 Å². The van der Waals surface area contributed by atoms with Gasteiger partial charge in [-0.1, -0.05) is 20.8 Å². The predicted molar refractivity (Wildman–Crippen MR) is 74.7 cm³/mol. The summed E-state index contributed by atoms with van der Waals surface area (Å²) in [4.78, 5) is 2.25. The third-order valence-corrected chi connectivity index (χ3v) is 3.46. The highest BCUT2D eigenvalue weighted by Crippen LogP contribution is 2.31. The van der Waals surface area contributed by atoms with E-state index in [1.807, 2.05) is 18.2 Å². The zero-order valence-electron chi connectivity index (χ0n) is 11.7. The largest absolute Gasteiger partial charge is 0.495 e. The van der Waals surface area contributed by atoms with Crippen molar-refractivity contribution in [2.24, 2.45) is 5.41 Å². The Bertz CT molecular complexity index is 382. The first kappa shape index (κ1) is 13.7. The number of rotatable bonds is 3. The Morgan fingerprint density at radius 2 is 1.88 bits per heavy atom. The van der Waals surface area contributed by atoms with Crippen LogP contribution >= 0.6 is 0 Å². The Kier molecular flexibility index (Phi) is 3.91. The van der Waals surface area contributed by atoms with Gasteiger partial charge >= 0.3 is 0 Å². The lowest BCUT2D eigenvalue weighted by Crippen LogP contribution is -2.39. The molecule has 0 aliphatic carbocycles. The summed E-state index contributed by atoms with van der Waals surface area (Å²) in [5.41, 5.74) is 7.84. The first-order chi connectivity index (χ1) is 7.77. The molecule has 0 amide bonds. The van der Waals surface area contributed by atoms with E-state index >= 15 is 0 Å². The van der Waals surface area contributed by atoms with Gasteiger partial charge in [0, 0.05) is 24.8 Å². The van der Waals surface area contributed by atoms with Crippen LogP contribution in [0.2, 0.25) is 0 Å². The molecule has 1 atom stereocenters. The average Bonchev–Trinajstić information content (AvgIpc) is 2.26. The van der Waals surface area contributed by atoms with Crippen molar-refractivity contribution < 1.29 is 4.74 Å². The molecule has 0 fully saturated rings. The highest BCUT2D eigenvalue weighted by atomic mass is 16.5. The minimum Gasteiger partial charge on any atom is -0.495 e. The zero-order chi connectivity index (χ0) is 13.2. The average molecular weight is 236 g/mol. The molecule has 3 nitrogen and oxygen atoms in total. The Balaban J connectivity index is 3.00. The van der Waals surface area contributed by atoms with Crippen LogP contribution in [0.4, 0.5) is 11.4 Å². The van der Waals surface area contributed by atoms with Crippen LogP contribution in [0.15, 0.2) is 18.2 Å². The lowest BCUT2D eigenvalue weighted by atomic mass is 9.87. The van der Waals surface area contributed by atoms with Gasteiger partial charge in [-0.15, -0.1) is 0 Å². The van der Waals surface area contributed by atoms with Crippen molar-refractivity contribution in [2.45, 2.75) is 33.7 Å². The summed E-state index contributed by atoms with van der Waals surface area (Å²) < 4.78 is 5.25. The van der Waals surface area contributed by atoms with Gasteiger partial charge < -0.3 is 15.4 Å². The molecular formula is C14H24N2O. The van der Waals surface area contributed by atoms with Crippen molar-refractivity contribution in [3.05, 3.63) is 18.2 Å². The smallest absolute Gasteiger partial charge is 0.143 e. The van der Waals surface area contributed by atoms with E-state index in [0.717, 1.165) is 11.4 Å². The van der Waals surface area contributed by atoms with Crippen molar-refractivity contribution >= 4 is 11.4 Å². The van der Waals surface area contributed by atoms with Gasteiger partial charge in [0.25, 0.3) is 0 Å². The van der Waals surface area contributed by atoms with Gasteiger partial charge in [-0.05, 0) is 24.5 Å². The van der Waals surface area contributed by atoms with Gasteiger partial charge in [-0.25, -0.2) is 0 Å². The predicted octanol–water partition coefficient (Wildman–Crippen LogP) is 3.15. The molecule has 96 valence electrons. The molecule has 0 radical (unpaired) electrons. The van der Waals surface area contributed by atoms with Crippen LogP contribution in [0.25, 0.3) is 0 Å². The summed E-state index contributed by atoms with van der Waals surface area (Å²) in [6, 6.07) is 6.33. The number of hydrogen-bond acceptors (Lipinski definition) is 3. The van der Waals surface area contributed by atoms with E-state index < -0.39 is 0 Å². The highest BCUT2D eigenvalue weighted by molar-refractivity contribution is 5.62. The van der Waals surface area contributed by atoms with Gasteiger partial charge in [0.1, 0.15) is 5.75 Å². The Labute approximate surface area is 105 Å². The number of nitrogen functional groups attached to an aromatic ring is 1. The first-order valence-corrected chi connectivity index (χ1v) is 5.93. The minimum atomic E-state index is 0.226. The number of nitrogens with two attached hydrogens (primary N) is 1. The number of hydrogen-bond donors (Lipinski definition) is 1. The van der Waals surface area contributed by atoms with Crippen LogP contribution in [0, 0.1) is 5.41 Å². The van der Waals surface area contributed by atoms with Crippen molar-refractivity contribution in [1.29, 1.82) is 0 Å². The second kappa shape index (κ2) is 4.86. The highest BCUT2D eigenvalue weighted by Gasteiger charge is 2.24. The summed E-state index contributed by atoms with van der Waals surface area (Å²) in [7, 11) is 3.74. The Morgan fingerprint density at radius 3 is 2.35 bits per heavy atom.